The van der Waals surface area contributed by atoms with Gasteiger partial charge in [-0.25, -0.2) is 9.78 Å². The smallest absolute Gasteiger partial charge is 0.355 e. The molecule has 0 spiro atoms. The molecule has 2 aliphatic rings. The van der Waals surface area contributed by atoms with Crippen LogP contribution in [0.15, 0.2) is 36.4 Å². The first-order chi connectivity index (χ1) is 12.3. The number of aromatic carboxylic acids is 1. The van der Waals surface area contributed by atoms with Gasteiger partial charge in [0, 0.05) is 6.07 Å². The van der Waals surface area contributed by atoms with Crippen molar-refractivity contribution in [3.63, 3.8) is 0 Å². The summed E-state index contributed by atoms with van der Waals surface area (Å²) >= 11 is 0. The molecule has 0 atom stereocenters. The number of aromatic nitrogens is 1. The Morgan fingerprint density at radius 3 is 2.35 bits per heavy atom. The van der Waals surface area contributed by atoms with Gasteiger partial charge < -0.3 is 10.2 Å². The van der Waals surface area contributed by atoms with Gasteiger partial charge in [-0.3, -0.25) is 10.1 Å². The summed E-state index contributed by atoms with van der Waals surface area (Å²) in [6.45, 7) is 1.61. The molecular weight excluding hydrogens is 336 g/mol. The highest BCUT2D eigenvalue weighted by Gasteiger charge is 2.24. The fourth-order valence-electron chi connectivity index (χ4n) is 2.61. The van der Waals surface area contributed by atoms with Crippen LogP contribution in [0, 0.1) is 29.4 Å². The molecule has 4 rings (SSSR count). The predicted molar refractivity (Wildman–Crippen MR) is 95.1 cm³/mol. The highest BCUT2D eigenvalue weighted by atomic mass is 16.6. The van der Waals surface area contributed by atoms with E-state index in [1.165, 1.54) is 23.3 Å². The summed E-state index contributed by atoms with van der Waals surface area (Å²) in [6.07, 6.45) is 5.18. The van der Waals surface area contributed by atoms with Gasteiger partial charge in [-0.05, 0) is 29.7 Å². The second kappa shape index (κ2) is 6.18. The number of nitrogens with zero attached hydrogens (tertiary/aromatic N) is 2. The number of nitro benzene ring substituents is 1. The summed E-state index contributed by atoms with van der Waals surface area (Å²) in [6, 6.07) is 11.1. The van der Waals surface area contributed by atoms with E-state index >= 15 is 0 Å². The van der Waals surface area contributed by atoms with Crippen LogP contribution in [0.3, 0.4) is 0 Å². The molecule has 0 saturated carbocycles. The molecule has 0 radical (unpaired) electrons. The number of aromatic hydroxyl groups is 1. The van der Waals surface area contributed by atoms with Crippen molar-refractivity contribution in [2.24, 2.45) is 0 Å². The van der Waals surface area contributed by atoms with E-state index in [1.807, 2.05) is 0 Å². The fourth-order valence-corrected chi connectivity index (χ4v) is 2.61. The second-order valence-electron chi connectivity index (χ2n) is 5.60. The maximum Gasteiger partial charge on any atom is 0.355 e. The predicted octanol–water partition coefficient (Wildman–Crippen LogP) is 3.50. The number of hydrogen-bond acceptors (Lipinski definition) is 5. The molecule has 0 aliphatic heterocycles. The number of carboxylic acids is 1. The third-order valence-electron chi connectivity index (χ3n) is 3.96. The van der Waals surface area contributed by atoms with Crippen LogP contribution in [0.2, 0.25) is 0 Å². The van der Waals surface area contributed by atoms with Crippen LogP contribution < -0.4 is 0 Å². The normalized spacial score (nSPS) is 10.5. The van der Waals surface area contributed by atoms with E-state index < -0.39 is 28.0 Å². The Bertz CT molecular complexity index is 1110. The SMILES string of the molecule is C#Cc1c(C(=O)O)nc2c([N+](=O)[O-])ccc(C)c2c1O.c1cc2cc-2c1. The van der Waals surface area contributed by atoms with Crippen LogP contribution in [-0.2, 0) is 0 Å². The van der Waals surface area contributed by atoms with Gasteiger partial charge in [-0.1, -0.05) is 30.2 Å². The molecule has 1 aromatic carbocycles. The van der Waals surface area contributed by atoms with E-state index in [4.69, 9.17) is 11.5 Å². The van der Waals surface area contributed by atoms with Crippen molar-refractivity contribution in [2.75, 3.05) is 0 Å². The van der Waals surface area contributed by atoms with Crippen LogP contribution >= 0.6 is 0 Å². The monoisotopic (exact) mass is 348 g/mol. The van der Waals surface area contributed by atoms with Crippen LogP contribution in [0.25, 0.3) is 22.0 Å². The maximum absolute atomic E-state index is 11.1. The fraction of sp³-hybridized carbons (Fsp3) is 0.0526. The van der Waals surface area contributed by atoms with Gasteiger partial charge in [0.2, 0.25) is 0 Å². The molecule has 7 heteroatoms. The summed E-state index contributed by atoms with van der Waals surface area (Å²) in [5.41, 5.74) is 1.87. The van der Waals surface area contributed by atoms with Crippen molar-refractivity contribution in [1.82, 2.24) is 4.98 Å². The molecule has 2 aliphatic carbocycles. The third kappa shape index (κ3) is 2.80. The van der Waals surface area contributed by atoms with Crippen LogP contribution in [0.4, 0.5) is 5.69 Å². The second-order valence-corrected chi connectivity index (χ2v) is 5.60. The maximum atomic E-state index is 11.1. The molecular formula is C19H12N2O5. The van der Waals surface area contributed by atoms with Crippen molar-refractivity contribution < 1.29 is 19.9 Å². The molecule has 2 aromatic rings. The molecule has 0 amide bonds. The van der Waals surface area contributed by atoms with Gasteiger partial charge in [0.05, 0.1) is 15.9 Å². The first-order valence-corrected chi connectivity index (χ1v) is 7.46. The van der Waals surface area contributed by atoms with Gasteiger partial charge in [-0.15, -0.1) is 6.42 Å². The number of carboxylic acid groups (broad SMARTS) is 1. The first-order valence-electron chi connectivity index (χ1n) is 7.46. The molecule has 0 bridgehead atoms. The Morgan fingerprint density at radius 1 is 1.27 bits per heavy atom. The van der Waals surface area contributed by atoms with Crippen molar-refractivity contribution in [3.05, 3.63) is 63.3 Å². The van der Waals surface area contributed by atoms with E-state index in [1.54, 1.807) is 6.92 Å². The summed E-state index contributed by atoms with van der Waals surface area (Å²) in [5, 5.41) is 30.2. The zero-order valence-electron chi connectivity index (χ0n) is 13.6. The molecule has 7 nitrogen and oxygen atoms in total. The Kier molecular flexibility index (Phi) is 4.02. The number of aryl methyl sites for hydroxylation is 1. The molecule has 2 N–H and O–H groups in total. The molecule has 0 unspecified atom stereocenters. The number of hydrogen-bond donors (Lipinski definition) is 2. The number of nitro groups is 1. The van der Waals surface area contributed by atoms with Gasteiger partial charge in [0.15, 0.2) is 11.2 Å². The van der Waals surface area contributed by atoms with E-state index in [-0.39, 0.29) is 16.5 Å². The lowest BCUT2D eigenvalue weighted by molar-refractivity contribution is -0.383. The zero-order chi connectivity index (χ0) is 19.0. The van der Waals surface area contributed by atoms with Crippen molar-refractivity contribution in [1.29, 1.82) is 0 Å². The Morgan fingerprint density at radius 2 is 1.92 bits per heavy atom. The molecule has 1 aromatic heterocycles. The van der Waals surface area contributed by atoms with Crippen LogP contribution in [-0.4, -0.2) is 26.1 Å². The van der Waals surface area contributed by atoms with E-state index in [2.05, 4.69) is 35.2 Å². The minimum absolute atomic E-state index is 0.0807. The number of benzene rings is 2. The average molecular weight is 348 g/mol. The average Bonchev–Trinajstić information content (AvgIpc) is 3.20. The molecule has 0 saturated heterocycles. The zero-order valence-corrected chi connectivity index (χ0v) is 13.6. The Hall–Kier alpha value is -3.92. The number of non-ortho nitro benzene ring substituents is 1. The standard InChI is InChI=1S/C13H8N2O5.C6H4/c1-3-7-10(13(17)18)14-11-8(15(19)20)5-4-6(2)9(11)12(7)16;1-2-5-4-6(5)3-1/h1,4-5H,2H3,(H,14,16)(H,17,18);1-4H. The largest absolute Gasteiger partial charge is 0.506 e. The number of rotatable bonds is 2. The van der Waals surface area contributed by atoms with Gasteiger partial charge in [0.1, 0.15) is 5.75 Å². The summed E-state index contributed by atoms with van der Waals surface area (Å²) in [4.78, 5) is 25.1. The van der Waals surface area contributed by atoms with E-state index in [0.717, 1.165) is 0 Å². The van der Waals surface area contributed by atoms with E-state index in [0.29, 0.717) is 5.56 Å². The van der Waals surface area contributed by atoms with Crippen molar-refractivity contribution >= 4 is 22.6 Å². The topological polar surface area (TPSA) is 114 Å². The molecule has 1 heterocycles. The minimum Gasteiger partial charge on any atom is -0.506 e. The Balaban J connectivity index is 0.000000269. The molecule has 26 heavy (non-hydrogen) atoms. The summed E-state index contributed by atoms with van der Waals surface area (Å²) in [5.74, 6) is 0.0936. The minimum atomic E-state index is -1.47. The first kappa shape index (κ1) is 16.9. The van der Waals surface area contributed by atoms with Gasteiger partial charge in [-0.2, -0.15) is 0 Å². The lowest BCUT2D eigenvalue weighted by Crippen LogP contribution is -2.06. The Labute approximate surface area is 147 Å². The number of terminal acetylenes is 1. The van der Waals surface area contributed by atoms with Crippen molar-refractivity contribution in [2.45, 2.75) is 6.92 Å². The molecule has 0 fully saturated rings. The summed E-state index contributed by atoms with van der Waals surface area (Å²) in [7, 11) is 0. The van der Waals surface area contributed by atoms with E-state index in [9.17, 15) is 20.0 Å². The molecule has 128 valence electrons. The number of pyridine rings is 1. The van der Waals surface area contributed by atoms with Gasteiger partial charge >= 0.3 is 5.97 Å². The lowest BCUT2D eigenvalue weighted by atomic mass is 10.0. The van der Waals surface area contributed by atoms with Gasteiger partial charge in [0.25, 0.3) is 5.69 Å². The third-order valence-corrected chi connectivity index (χ3v) is 3.96. The quantitative estimate of drug-likeness (QED) is 0.325. The van der Waals surface area contributed by atoms with Crippen LogP contribution in [0.5, 0.6) is 5.75 Å². The number of carbonyl (C=O) groups is 1. The number of fused-ring (bicyclic) bond motifs is 2. The van der Waals surface area contributed by atoms with Crippen LogP contribution in [0.1, 0.15) is 21.6 Å². The highest BCUT2D eigenvalue weighted by molar-refractivity contribution is 6.01. The van der Waals surface area contributed by atoms with Crippen molar-refractivity contribution in [3.8, 4) is 29.2 Å². The highest BCUT2D eigenvalue weighted by Crippen LogP contribution is 2.36. The summed E-state index contributed by atoms with van der Waals surface area (Å²) < 4.78 is 0. The lowest BCUT2D eigenvalue weighted by Gasteiger charge is -2.09.